The number of pyridine rings is 2. The Morgan fingerprint density at radius 3 is 2.54 bits per heavy atom. The van der Waals surface area contributed by atoms with Crippen molar-refractivity contribution in [1.29, 1.82) is 0 Å². The number of aliphatic hydroxyl groups excluding tert-OH is 2. The Balaban J connectivity index is 1.63. The number of rotatable bonds is 6. The molecule has 1 aliphatic heterocycles. The highest BCUT2D eigenvalue weighted by Crippen LogP contribution is 2.26. The maximum atomic E-state index is 9.48. The molecule has 1 fully saturated rings. The summed E-state index contributed by atoms with van der Waals surface area (Å²) in [7, 11) is 1.59. The van der Waals surface area contributed by atoms with Crippen molar-refractivity contribution in [3.63, 3.8) is 0 Å². The second kappa shape index (κ2) is 8.33. The van der Waals surface area contributed by atoms with Crippen LogP contribution in [-0.4, -0.2) is 46.5 Å². The minimum absolute atomic E-state index is 0.115. The van der Waals surface area contributed by atoms with Crippen LogP contribution >= 0.6 is 0 Å². The smallest absolute Gasteiger partial charge is 0.213 e. The first-order chi connectivity index (χ1) is 12.6. The van der Waals surface area contributed by atoms with Gasteiger partial charge < -0.3 is 24.6 Å². The van der Waals surface area contributed by atoms with Crippen LogP contribution in [0.25, 0.3) is 0 Å². The Hall–Kier alpha value is -2.38. The quantitative estimate of drug-likeness (QED) is 0.813. The number of anilines is 1. The standard InChI is InChI=1S/C19H25N3O4/c1-13-9-14(11-23)17(12-24)21-19(13)22-7-5-15(6-8-22)26-16-3-4-18(25-2)20-10-16/h3-4,9-10,15,23-24H,5-8,11-12H2,1-2H3. The summed E-state index contributed by atoms with van der Waals surface area (Å²) < 4.78 is 11.1. The van der Waals surface area contributed by atoms with Crippen LogP contribution in [0, 0.1) is 6.92 Å². The summed E-state index contributed by atoms with van der Waals surface area (Å²) in [5.41, 5.74) is 2.22. The molecule has 2 aromatic rings. The van der Waals surface area contributed by atoms with E-state index < -0.39 is 0 Å². The number of hydrogen-bond acceptors (Lipinski definition) is 7. The van der Waals surface area contributed by atoms with Gasteiger partial charge in [-0.05, 0) is 24.6 Å². The lowest BCUT2D eigenvalue weighted by atomic mass is 10.1. The highest BCUT2D eigenvalue weighted by atomic mass is 16.5. The molecule has 0 aromatic carbocycles. The highest BCUT2D eigenvalue weighted by Gasteiger charge is 2.23. The van der Waals surface area contributed by atoms with Crippen molar-refractivity contribution in [3.05, 3.63) is 41.2 Å². The van der Waals surface area contributed by atoms with Crippen molar-refractivity contribution in [1.82, 2.24) is 9.97 Å². The zero-order valence-corrected chi connectivity index (χ0v) is 15.2. The van der Waals surface area contributed by atoms with E-state index in [2.05, 4.69) is 14.9 Å². The maximum absolute atomic E-state index is 9.48. The summed E-state index contributed by atoms with van der Waals surface area (Å²) in [6.07, 6.45) is 3.57. The molecule has 3 rings (SSSR count). The highest BCUT2D eigenvalue weighted by molar-refractivity contribution is 5.49. The predicted octanol–water partition coefficient (Wildman–Crippen LogP) is 1.83. The van der Waals surface area contributed by atoms with Crippen LogP contribution in [0.15, 0.2) is 24.4 Å². The minimum atomic E-state index is -0.173. The van der Waals surface area contributed by atoms with Crippen molar-refractivity contribution in [3.8, 4) is 11.6 Å². The summed E-state index contributed by atoms with van der Waals surface area (Å²) in [6, 6.07) is 5.56. The van der Waals surface area contributed by atoms with E-state index in [1.165, 1.54) is 0 Å². The zero-order valence-electron chi connectivity index (χ0n) is 15.2. The fourth-order valence-corrected chi connectivity index (χ4v) is 3.23. The number of methoxy groups -OCH3 is 1. The van der Waals surface area contributed by atoms with Crippen molar-refractivity contribution in [2.24, 2.45) is 0 Å². The van der Waals surface area contributed by atoms with Crippen LogP contribution in [0.3, 0.4) is 0 Å². The molecule has 2 aromatic heterocycles. The average molecular weight is 359 g/mol. The second-order valence-electron chi connectivity index (χ2n) is 6.39. The van der Waals surface area contributed by atoms with Gasteiger partial charge in [0.05, 0.1) is 32.2 Å². The van der Waals surface area contributed by atoms with Crippen molar-refractivity contribution < 1.29 is 19.7 Å². The van der Waals surface area contributed by atoms with Gasteiger partial charge in [-0.2, -0.15) is 0 Å². The molecule has 0 amide bonds. The molecule has 1 aliphatic rings. The van der Waals surface area contributed by atoms with Crippen LogP contribution in [0.2, 0.25) is 0 Å². The molecule has 0 atom stereocenters. The second-order valence-corrected chi connectivity index (χ2v) is 6.39. The first-order valence-electron chi connectivity index (χ1n) is 8.77. The third-order valence-corrected chi connectivity index (χ3v) is 4.64. The number of aryl methyl sites for hydroxylation is 1. The molecule has 0 radical (unpaired) electrons. The van der Waals surface area contributed by atoms with Gasteiger partial charge in [0.1, 0.15) is 17.7 Å². The summed E-state index contributed by atoms with van der Waals surface area (Å²) in [4.78, 5) is 10.9. The van der Waals surface area contributed by atoms with Gasteiger partial charge in [-0.25, -0.2) is 9.97 Å². The molecule has 2 N–H and O–H groups in total. The number of piperidine rings is 1. The number of aliphatic hydroxyl groups is 2. The zero-order chi connectivity index (χ0) is 18.5. The molecule has 3 heterocycles. The Labute approximate surface area is 153 Å². The number of ether oxygens (including phenoxy) is 2. The summed E-state index contributed by atoms with van der Waals surface area (Å²) >= 11 is 0. The molecule has 0 unspecified atom stereocenters. The van der Waals surface area contributed by atoms with E-state index in [-0.39, 0.29) is 19.3 Å². The van der Waals surface area contributed by atoms with Crippen LogP contribution < -0.4 is 14.4 Å². The van der Waals surface area contributed by atoms with E-state index in [1.54, 1.807) is 19.4 Å². The molecular formula is C19H25N3O4. The maximum Gasteiger partial charge on any atom is 0.213 e. The first-order valence-corrected chi connectivity index (χ1v) is 8.77. The third kappa shape index (κ3) is 4.05. The Morgan fingerprint density at radius 1 is 1.19 bits per heavy atom. The molecule has 7 nitrogen and oxygen atoms in total. The Morgan fingerprint density at radius 2 is 1.96 bits per heavy atom. The number of hydrogen-bond donors (Lipinski definition) is 2. The van der Waals surface area contributed by atoms with Gasteiger partial charge in [0.2, 0.25) is 5.88 Å². The van der Waals surface area contributed by atoms with Gasteiger partial charge in [0.25, 0.3) is 0 Å². The lowest BCUT2D eigenvalue weighted by Gasteiger charge is -2.34. The molecule has 0 aliphatic carbocycles. The van der Waals surface area contributed by atoms with E-state index in [4.69, 9.17) is 9.47 Å². The monoisotopic (exact) mass is 359 g/mol. The fraction of sp³-hybridized carbons (Fsp3) is 0.474. The SMILES string of the molecule is COc1ccc(OC2CCN(c3nc(CO)c(CO)cc3C)CC2)cn1. The molecule has 0 bridgehead atoms. The Bertz CT molecular complexity index is 728. The first kappa shape index (κ1) is 18.4. The van der Waals surface area contributed by atoms with Crippen LogP contribution in [0.1, 0.15) is 29.7 Å². The number of aromatic nitrogens is 2. The normalized spacial score (nSPS) is 15.2. The van der Waals surface area contributed by atoms with Gasteiger partial charge in [0, 0.05) is 37.6 Å². The van der Waals surface area contributed by atoms with Crippen LogP contribution in [0.4, 0.5) is 5.82 Å². The lowest BCUT2D eigenvalue weighted by molar-refractivity contribution is 0.169. The van der Waals surface area contributed by atoms with Gasteiger partial charge in [-0.3, -0.25) is 0 Å². The minimum Gasteiger partial charge on any atom is -0.489 e. The van der Waals surface area contributed by atoms with Gasteiger partial charge in [-0.1, -0.05) is 0 Å². The number of nitrogens with zero attached hydrogens (tertiary/aromatic N) is 3. The van der Waals surface area contributed by atoms with E-state index >= 15 is 0 Å². The van der Waals surface area contributed by atoms with Crippen molar-refractivity contribution in [2.75, 3.05) is 25.1 Å². The third-order valence-electron chi connectivity index (χ3n) is 4.64. The summed E-state index contributed by atoms with van der Waals surface area (Å²) in [6.45, 7) is 3.34. The molecule has 140 valence electrons. The molecule has 0 saturated carbocycles. The van der Waals surface area contributed by atoms with Gasteiger partial charge >= 0.3 is 0 Å². The molecule has 7 heteroatoms. The van der Waals surface area contributed by atoms with E-state index in [1.807, 2.05) is 19.1 Å². The largest absolute Gasteiger partial charge is 0.489 e. The van der Waals surface area contributed by atoms with Crippen molar-refractivity contribution in [2.45, 2.75) is 39.1 Å². The van der Waals surface area contributed by atoms with Crippen LogP contribution in [0.5, 0.6) is 11.6 Å². The average Bonchev–Trinajstić information content (AvgIpc) is 2.69. The Kier molecular flexibility index (Phi) is 5.90. The summed E-state index contributed by atoms with van der Waals surface area (Å²) in [5, 5.41) is 18.9. The van der Waals surface area contributed by atoms with Crippen LogP contribution in [-0.2, 0) is 13.2 Å². The van der Waals surface area contributed by atoms with E-state index in [0.717, 1.165) is 43.1 Å². The van der Waals surface area contributed by atoms with Crippen molar-refractivity contribution >= 4 is 5.82 Å². The fourth-order valence-electron chi connectivity index (χ4n) is 3.23. The molecule has 26 heavy (non-hydrogen) atoms. The molecule has 1 saturated heterocycles. The van der Waals surface area contributed by atoms with E-state index in [0.29, 0.717) is 17.1 Å². The molecular weight excluding hydrogens is 334 g/mol. The summed E-state index contributed by atoms with van der Waals surface area (Å²) in [5.74, 6) is 2.18. The predicted molar refractivity (Wildman–Crippen MR) is 97.5 cm³/mol. The molecule has 0 spiro atoms. The van der Waals surface area contributed by atoms with Gasteiger partial charge in [-0.15, -0.1) is 0 Å². The van der Waals surface area contributed by atoms with E-state index in [9.17, 15) is 10.2 Å². The topological polar surface area (TPSA) is 87.9 Å². The van der Waals surface area contributed by atoms with Gasteiger partial charge in [0.15, 0.2) is 0 Å². The lowest BCUT2D eigenvalue weighted by Crippen LogP contribution is -2.39.